The number of benzene rings is 1. The summed E-state index contributed by atoms with van der Waals surface area (Å²) < 4.78 is 0. The number of nitrogens with one attached hydrogen (secondary N) is 1. The molecule has 2 rings (SSSR count). The molecule has 0 spiro atoms. The largest absolute Gasteiger partial charge is 0.374 e. The number of aryl methyl sites for hydroxylation is 2. The Morgan fingerprint density at radius 1 is 1.44 bits per heavy atom. The minimum atomic E-state index is -0.0581. The van der Waals surface area contributed by atoms with Crippen LogP contribution in [0.25, 0.3) is 0 Å². The molecule has 1 N–H and O–H groups in total. The number of hydrogen-bond donors (Lipinski definition) is 1. The van der Waals surface area contributed by atoms with Crippen molar-refractivity contribution < 1.29 is 4.79 Å². The third kappa shape index (κ3) is 1.61. The fourth-order valence-electron chi connectivity index (χ4n) is 1.81. The fourth-order valence-corrected chi connectivity index (χ4v) is 1.81. The summed E-state index contributed by atoms with van der Waals surface area (Å²) in [5, 5.41) is 11.8. The van der Waals surface area contributed by atoms with Gasteiger partial charge in [-0.15, -0.1) is 0 Å². The van der Waals surface area contributed by atoms with Gasteiger partial charge in [0.25, 0.3) is 0 Å². The van der Waals surface area contributed by atoms with E-state index in [-0.39, 0.29) is 19.0 Å². The first-order valence-electron chi connectivity index (χ1n) is 5.16. The smallest absolute Gasteiger partial charge is 0.247 e. The van der Waals surface area contributed by atoms with Crippen molar-refractivity contribution in [2.24, 2.45) is 0 Å². The second-order valence-electron chi connectivity index (χ2n) is 3.95. The van der Waals surface area contributed by atoms with Gasteiger partial charge in [0.1, 0.15) is 6.54 Å². The average molecular weight is 215 g/mol. The Morgan fingerprint density at radius 3 is 2.81 bits per heavy atom. The zero-order chi connectivity index (χ0) is 11.7. The Balaban J connectivity index is 2.51. The first kappa shape index (κ1) is 10.5. The predicted molar refractivity (Wildman–Crippen MR) is 62.4 cm³/mol. The van der Waals surface area contributed by atoms with Crippen LogP contribution >= 0.6 is 0 Å². The maximum atomic E-state index is 11.7. The summed E-state index contributed by atoms with van der Waals surface area (Å²) in [7, 11) is 0. The summed E-state index contributed by atoms with van der Waals surface area (Å²) in [4.78, 5) is 13.2. The van der Waals surface area contributed by atoms with Crippen molar-refractivity contribution in [3.63, 3.8) is 0 Å². The lowest BCUT2D eigenvalue weighted by Crippen LogP contribution is -2.40. The van der Waals surface area contributed by atoms with E-state index in [1.54, 1.807) is 0 Å². The SMILES string of the molecule is Cc1cc2c(cc1C)N(CC#N)C(=O)CN2. The highest BCUT2D eigenvalue weighted by atomic mass is 16.2. The number of carbonyl (C=O) groups excluding carboxylic acids is 1. The first-order valence-corrected chi connectivity index (χ1v) is 5.16. The first-order chi connectivity index (χ1) is 7.63. The van der Waals surface area contributed by atoms with Gasteiger partial charge in [0, 0.05) is 0 Å². The van der Waals surface area contributed by atoms with Gasteiger partial charge in [-0.3, -0.25) is 9.69 Å². The molecule has 4 nitrogen and oxygen atoms in total. The van der Waals surface area contributed by atoms with Crippen LogP contribution in [0, 0.1) is 25.2 Å². The Morgan fingerprint density at radius 2 is 2.12 bits per heavy atom. The van der Waals surface area contributed by atoms with Crippen LogP contribution < -0.4 is 10.2 Å². The third-order valence-corrected chi connectivity index (χ3v) is 2.86. The zero-order valence-corrected chi connectivity index (χ0v) is 9.37. The van der Waals surface area contributed by atoms with E-state index in [1.807, 2.05) is 32.0 Å². The van der Waals surface area contributed by atoms with Crippen LogP contribution in [-0.4, -0.2) is 19.0 Å². The van der Waals surface area contributed by atoms with E-state index in [1.165, 1.54) is 10.5 Å². The Labute approximate surface area is 94.5 Å². The molecule has 1 heterocycles. The normalized spacial score (nSPS) is 14.1. The van der Waals surface area contributed by atoms with Crippen molar-refractivity contribution in [2.45, 2.75) is 13.8 Å². The number of carbonyl (C=O) groups is 1. The van der Waals surface area contributed by atoms with Gasteiger partial charge in [-0.25, -0.2) is 0 Å². The molecular formula is C12H13N3O. The number of amides is 1. The standard InChI is InChI=1S/C12H13N3O/c1-8-5-10-11(6-9(8)2)15(4-3-13)12(16)7-14-10/h5-6,14H,4,7H2,1-2H3. The van der Waals surface area contributed by atoms with Crippen molar-refractivity contribution in [1.29, 1.82) is 5.26 Å². The van der Waals surface area contributed by atoms with Crippen LogP contribution in [-0.2, 0) is 4.79 Å². The number of nitrogens with zero attached hydrogens (tertiary/aromatic N) is 2. The van der Waals surface area contributed by atoms with Crippen molar-refractivity contribution in [3.8, 4) is 6.07 Å². The number of nitriles is 1. The molecule has 0 radical (unpaired) electrons. The lowest BCUT2D eigenvalue weighted by Gasteiger charge is -2.29. The second-order valence-corrected chi connectivity index (χ2v) is 3.95. The molecule has 1 aromatic carbocycles. The van der Waals surface area contributed by atoms with E-state index in [9.17, 15) is 4.79 Å². The number of anilines is 2. The Bertz CT molecular complexity index is 488. The van der Waals surface area contributed by atoms with Crippen LogP contribution in [0.1, 0.15) is 11.1 Å². The van der Waals surface area contributed by atoms with Crippen LogP contribution in [0.2, 0.25) is 0 Å². The molecule has 0 atom stereocenters. The summed E-state index contributed by atoms with van der Waals surface area (Å²) >= 11 is 0. The second kappa shape index (κ2) is 3.86. The summed E-state index contributed by atoms with van der Waals surface area (Å²) in [6.45, 7) is 4.40. The molecule has 1 amide bonds. The number of rotatable bonds is 1. The lowest BCUT2D eigenvalue weighted by molar-refractivity contribution is -0.117. The molecule has 0 saturated heterocycles. The molecule has 0 aromatic heterocycles. The summed E-state index contributed by atoms with van der Waals surface area (Å²) in [6.07, 6.45) is 0. The zero-order valence-electron chi connectivity index (χ0n) is 9.37. The maximum absolute atomic E-state index is 11.7. The van der Waals surface area contributed by atoms with E-state index in [0.29, 0.717) is 0 Å². The summed E-state index contributed by atoms with van der Waals surface area (Å²) in [5.41, 5.74) is 4.04. The predicted octanol–water partition coefficient (Wildman–Crippen LogP) is 1.59. The molecule has 0 aliphatic carbocycles. The van der Waals surface area contributed by atoms with Crippen LogP contribution in [0.3, 0.4) is 0 Å². The summed E-state index contributed by atoms with van der Waals surface area (Å²) in [6, 6.07) is 5.99. The van der Waals surface area contributed by atoms with Crippen LogP contribution in [0.5, 0.6) is 0 Å². The van der Waals surface area contributed by atoms with Gasteiger partial charge in [0.15, 0.2) is 0 Å². The molecule has 0 unspecified atom stereocenters. The molecule has 0 saturated carbocycles. The van der Waals surface area contributed by atoms with E-state index in [2.05, 4.69) is 5.32 Å². The van der Waals surface area contributed by atoms with Gasteiger partial charge in [0.2, 0.25) is 5.91 Å². The number of hydrogen-bond acceptors (Lipinski definition) is 3. The van der Waals surface area contributed by atoms with Gasteiger partial charge < -0.3 is 5.32 Å². The molecule has 0 fully saturated rings. The maximum Gasteiger partial charge on any atom is 0.247 e. The molecule has 0 bridgehead atoms. The highest BCUT2D eigenvalue weighted by Crippen LogP contribution is 2.31. The Kier molecular flexibility index (Phi) is 2.53. The molecular weight excluding hydrogens is 202 g/mol. The lowest BCUT2D eigenvalue weighted by atomic mass is 10.1. The molecule has 1 aromatic rings. The molecule has 16 heavy (non-hydrogen) atoms. The van der Waals surface area contributed by atoms with Gasteiger partial charge >= 0.3 is 0 Å². The average Bonchev–Trinajstić information content (AvgIpc) is 2.25. The quantitative estimate of drug-likeness (QED) is 0.724. The molecule has 1 aliphatic rings. The minimum Gasteiger partial charge on any atom is -0.374 e. The van der Waals surface area contributed by atoms with Crippen molar-refractivity contribution in [2.75, 3.05) is 23.3 Å². The molecule has 82 valence electrons. The van der Waals surface area contributed by atoms with Crippen molar-refractivity contribution >= 4 is 17.3 Å². The van der Waals surface area contributed by atoms with Crippen molar-refractivity contribution in [3.05, 3.63) is 23.3 Å². The van der Waals surface area contributed by atoms with E-state index in [4.69, 9.17) is 5.26 Å². The topological polar surface area (TPSA) is 56.1 Å². The van der Waals surface area contributed by atoms with E-state index in [0.717, 1.165) is 16.9 Å². The van der Waals surface area contributed by atoms with E-state index >= 15 is 0 Å². The highest BCUT2D eigenvalue weighted by Gasteiger charge is 2.23. The number of fused-ring (bicyclic) bond motifs is 1. The monoisotopic (exact) mass is 215 g/mol. The van der Waals surface area contributed by atoms with Gasteiger partial charge in [0.05, 0.1) is 24.0 Å². The van der Waals surface area contributed by atoms with Crippen LogP contribution in [0.4, 0.5) is 11.4 Å². The fraction of sp³-hybridized carbons (Fsp3) is 0.333. The molecule has 4 heteroatoms. The van der Waals surface area contributed by atoms with E-state index < -0.39 is 0 Å². The highest BCUT2D eigenvalue weighted by molar-refractivity contribution is 6.03. The van der Waals surface area contributed by atoms with Gasteiger partial charge in [-0.1, -0.05) is 0 Å². The molecule has 1 aliphatic heterocycles. The van der Waals surface area contributed by atoms with Crippen molar-refractivity contribution in [1.82, 2.24) is 0 Å². The summed E-state index contributed by atoms with van der Waals surface area (Å²) in [5.74, 6) is -0.0581. The van der Waals surface area contributed by atoms with Gasteiger partial charge in [-0.2, -0.15) is 5.26 Å². The third-order valence-electron chi connectivity index (χ3n) is 2.86. The van der Waals surface area contributed by atoms with Crippen LogP contribution in [0.15, 0.2) is 12.1 Å². The Hall–Kier alpha value is -2.02. The van der Waals surface area contributed by atoms with Gasteiger partial charge in [-0.05, 0) is 37.1 Å². The minimum absolute atomic E-state index is 0.0581.